The van der Waals surface area contributed by atoms with Gasteiger partial charge < -0.3 is 26.2 Å². The molecule has 0 aromatic carbocycles. The van der Waals surface area contributed by atoms with E-state index in [4.69, 9.17) is 0 Å². The number of nitrogens with zero attached hydrogens (tertiary/aromatic N) is 1. The number of rotatable bonds is 17. The summed E-state index contributed by atoms with van der Waals surface area (Å²) in [4.78, 5) is 70.3. The lowest BCUT2D eigenvalue weighted by Crippen LogP contribution is -2.63. The number of Topliss-reactive ketones (excluding diaryl/α,β-unsaturated/α-hetero) is 1. The summed E-state index contributed by atoms with van der Waals surface area (Å²) in [5.41, 5.74) is -0.888. The molecule has 4 fully saturated rings. The standard InChI is InChI=1S/C39H65N5O7S/c1-5-7-20-31(34(45)36(47)40-24-6-2)41-35(46)33-30(27(3)4)21-25-44(33)37(48)32(28-16-10-8-11-17-28)42-38(49)43-39(22-14-9-15-23-39)26-52(50,51)29-18-12-13-19-29/h6,27-33H,2,5,7-26H2,1,3-4H3,(H,40,47)(H,41,46)(H2,42,43,49)/t30-,31+,32+,33+/m1/s1. The van der Waals surface area contributed by atoms with Crippen LogP contribution in [-0.4, -0.2) is 90.6 Å². The van der Waals surface area contributed by atoms with Crippen molar-refractivity contribution >= 4 is 39.4 Å². The molecule has 0 aromatic heterocycles. The molecule has 0 radical (unpaired) electrons. The van der Waals surface area contributed by atoms with Crippen LogP contribution < -0.4 is 21.3 Å². The molecular weight excluding hydrogens is 683 g/mol. The van der Waals surface area contributed by atoms with E-state index in [1.54, 1.807) is 4.90 Å². The second kappa shape index (κ2) is 19.4. The van der Waals surface area contributed by atoms with Gasteiger partial charge in [0.15, 0.2) is 9.84 Å². The van der Waals surface area contributed by atoms with Gasteiger partial charge in [0.1, 0.15) is 12.1 Å². The molecule has 0 aromatic rings. The van der Waals surface area contributed by atoms with Gasteiger partial charge in [0.25, 0.3) is 5.91 Å². The van der Waals surface area contributed by atoms with E-state index >= 15 is 0 Å². The molecule has 0 bridgehead atoms. The van der Waals surface area contributed by atoms with E-state index in [2.05, 4.69) is 27.8 Å². The molecule has 13 heteroatoms. The molecule has 0 spiro atoms. The van der Waals surface area contributed by atoms with Gasteiger partial charge in [0.05, 0.1) is 22.6 Å². The number of urea groups is 1. The van der Waals surface area contributed by atoms with Crippen molar-refractivity contribution in [2.24, 2.45) is 17.8 Å². The lowest BCUT2D eigenvalue weighted by Gasteiger charge is -2.40. The molecule has 4 aliphatic rings. The predicted molar refractivity (Wildman–Crippen MR) is 202 cm³/mol. The van der Waals surface area contributed by atoms with E-state index in [1.807, 2.05) is 20.8 Å². The summed E-state index contributed by atoms with van der Waals surface area (Å²) in [7, 11) is -3.42. The normalized spacial score (nSPS) is 23.8. The number of carbonyl (C=O) groups excluding carboxylic acids is 5. The molecule has 3 aliphatic carbocycles. The third kappa shape index (κ3) is 10.8. The molecule has 1 heterocycles. The molecule has 4 rings (SSSR count). The van der Waals surface area contributed by atoms with E-state index in [0.717, 1.165) is 70.6 Å². The zero-order chi connectivity index (χ0) is 37.9. The molecule has 1 aliphatic heterocycles. The highest BCUT2D eigenvalue weighted by atomic mass is 32.2. The van der Waals surface area contributed by atoms with Crippen LogP contribution in [0, 0.1) is 17.8 Å². The fourth-order valence-electron chi connectivity index (χ4n) is 9.17. The summed E-state index contributed by atoms with van der Waals surface area (Å²) < 4.78 is 27.1. The minimum absolute atomic E-state index is 0.0478. The zero-order valence-electron chi connectivity index (χ0n) is 31.9. The van der Waals surface area contributed by atoms with Gasteiger partial charge in [-0.1, -0.05) is 91.1 Å². The van der Waals surface area contributed by atoms with Crippen molar-refractivity contribution in [2.45, 2.75) is 165 Å². The Morgan fingerprint density at radius 1 is 0.885 bits per heavy atom. The Morgan fingerprint density at radius 2 is 1.52 bits per heavy atom. The lowest BCUT2D eigenvalue weighted by molar-refractivity contribution is -0.144. The van der Waals surface area contributed by atoms with Crippen molar-refractivity contribution in [3.8, 4) is 0 Å². The van der Waals surface area contributed by atoms with Crippen LogP contribution in [0.25, 0.3) is 0 Å². The highest BCUT2D eigenvalue weighted by molar-refractivity contribution is 7.92. The summed E-state index contributed by atoms with van der Waals surface area (Å²) in [6.07, 6.45) is 15.1. The van der Waals surface area contributed by atoms with Gasteiger partial charge in [-0.2, -0.15) is 0 Å². The minimum atomic E-state index is -3.42. The molecule has 0 unspecified atom stereocenters. The van der Waals surface area contributed by atoms with Crippen LogP contribution in [0.5, 0.6) is 0 Å². The number of ketones is 1. The Kier molecular flexibility index (Phi) is 15.6. The number of unbranched alkanes of at least 4 members (excludes halogenated alkanes) is 1. The maximum absolute atomic E-state index is 14.7. The van der Waals surface area contributed by atoms with Gasteiger partial charge in [0.2, 0.25) is 17.6 Å². The van der Waals surface area contributed by atoms with Crippen LogP contribution in [0.1, 0.15) is 136 Å². The minimum Gasteiger partial charge on any atom is -0.346 e. The van der Waals surface area contributed by atoms with Crippen molar-refractivity contribution in [1.29, 1.82) is 0 Å². The molecular formula is C39H65N5O7S. The lowest BCUT2D eigenvalue weighted by atomic mass is 9.82. The molecule has 4 atom stereocenters. The monoisotopic (exact) mass is 747 g/mol. The van der Waals surface area contributed by atoms with Crippen LogP contribution >= 0.6 is 0 Å². The van der Waals surface area contributed by atoms with Crippen molar-refractivity contribution < 1.29 is 32.4 Å². The number of sulfone groups is 1. The highest BCUT2D eigenvalue weighted by Crippen LogP contribution is 2.36. The number of hydrogen-bond acceptors (Lipinski definition) is 7. The average molecular weight is 748 g/mol. The number of carbonyl (C=O) groups is 5. The van der Waals surface area contributed by atoms with Crippen molar-refractivity contribution in [3.05, 3.63) is 12.7 Å². The van der Waals surface area contributed by atoms with Crippen LogP contribution in [0.3, 0.4) is 0 Å². The third-order valence-electron chi connectivity index (χ3n) is 12.1. The summed E-state index contributed by atoms with van der Waals surface area (Å²) >= 11 is 0. The first-order valence-corrected chi connectivity index (χ1v) is 21.9. The van der Waals surface area contributed by atoms with E-state index in [0.29, 0.717) is 51.5 Å². The number of amides is 5. The Labute approximate surface area is 311 Å². The van der Waals surface area contributed by atoms with Crippen LogP contribution in [0.15, 0.2) is 12.7 Å². The second-order valence-electron chi connectivity index (χ2n) is 16.3. The summed E-state index contributed by atoms with van der Waals surface area (Å²) in [5, 5.41) is 11.2. The van der Waals surface area contributed by atoms with Crippen molar-refractivity contribution in [3.63, 3.8) is 0 Å². The Hall–Kier alpha value is -2.96. The molecule has 294 valence electrons. The molecule has 3 saturated carbocycles. The van der Waals surface area contributed by atoms with E-state index in [9.17, 15) is 32.4 Å². The fraction of sp³-hybridized carbons (Fsp3) is 0.821. The highest BCUT2D eigenvalue weighted by Gasteiger charge is 2.48. The molecule has 4 N–H and O–H groups in total. The number of likely N-dealkylation sites (tertiary alicyclic amines) is 1. The zero-order valence-corrected chi connectivity index (χ0v) is 32.7. The maximum atomic E-state index is 14.7. The largest absolute Gasteiger partial charge is 0.346 e. The number of hydrogen-bond donors (Lipinski definition) is 4. The smallest absolute Gasteiger partial charge is 0.315 e. The van der Waals surface area contributed by atoms with Crippen LogP contribution in [-0.2, 0) is 29.0 Å². The van der Waals surface area contributed by atoms with Crippen LogP contribution in [0.2, 0.25) is 0 Å². The Bertz CT molecular complexity index is 1370. The Morgan fingerprint density at radius 3 is 2.13 bits per heavy atom. The van der Waals surface area contributed by atoms with E-state index in [1.165, 1.54) is 6.08 Å². The van der Waals surface area contributed by atoms with Gasteiger partial charge in [-0.05, 0) is 69.1 Å². The van der Waals surface area contributed by atoms with Gasteiger partial charge in [-0.3, -0.25) is 19.2 Å². The third-order valence-corrected chi connectivity index (χ3v) is 14.6. The topological polar surface area (TPSA) is 171 Å². The summed E-state index contributed by atoms with van der Waals surface area (Å²) in [6, 6.07) is -3.34. The average Bonchev–Trinajstić information content (AvgIpc) is 3.83. The second-order valence-corrected chi connectivity index (χ2v) is 18.5. The van der Waals surface area contributed by atoms with Crippen molar-refractivity contribution in [1.82, 2.24) is 26.2 Å². The van der Waals surface area contributed by atoms with E-state index in [-0.39, 0.29) is 41.2 Å². The SMILES string of the molecule is C=CCNC(=O)C(=O)[C@H](CCCC)NC(=O)[C@@H]1[C@@H](C(C)C)CCN1C(=O)[C@@H](NC(=O)NC1(CS(=O)(=O)C2CCCC2)CCCCC1)C1CCCCC1. The molecule has 5 amide bonds. The predicted octanol–water partition coefficient (Wildman–Crippen LogP) is 4.71. The summed E-state index contributed by atoms with van der Waals surface area (Å²) in [6.45, 7) is 10.0. The quantitative estimate of drug-likeness (QED) is 0.123. The number of nitrogens with one attached hydrogen (secondary N) is 4. The van der Waals surface area contributed by atoms with Crippen molar-refractivity contribution in [2.75, 3.05) is 18.8 Å². The Balaban J connectivity index is 1.57. The van der Waals surface area contributed by atoms with Gasteiger partial charge in [-0.15, -0.1) is 6.58 Å². The molecule has 52 heavy (non-hydrogen) atoms. The first-order chi connectivity index (χ1) is 24.8. The first-order valence-electron chi connectivity index (χ1n) is 20.2. The van der Waals surface area contributed by atoms with E-state index < -0.39 is 57.1 Å². The van der Waals surface area contributed by atoms with Gasteiger partial charge >= 0.3 is 6.03 Å². The molecule has 12 nitrogen and oxygen atoms in total. The van der Waals surface area contributed by atoms with Crippen LogP contribution in [0.4, 0.5) is 4.79 Å². The maximum Gasteiger partial charge on any atom is 0.315 e. The van der Waals surface area contributed by atoms with Gasteiger partial charge in [0, 0.05) is 13.1 Å². The molecule has 1 saturated heterocycles. The first kappa shape index (κ1) is 41.8. The summed E-state index contributed by atoms with van der Waals surface area (Å²) in [5.74, 6) is -2.69. The van der Waals surface area contributed by atoms with Gasteiger partial charge in [-0.25, -0.2) is 13.2 Å². The fourth-order valence-corrected chi connectivity index (χ4v) is 11.6.